The van der Waals surface area contributed by atoms with Crippen molar-refractivity contribution in [1.29, 1.82) is 0 Å². The Morgan fingerprint density at radius 3 is 3.18 bits per heavy atom. The number of hydrogen-bond acceptors (Lipinski definition) is 3. The third-order valence-electron chi connectivity index (χ3n) is 4.01. The van der Waals surface area contributed by atoms with Crippen LogP contribution < -0.4 is 0 Å². The summed E-state index contributed by atoms with van der Waals surface area (Å²) in [5.41, 5.74) is 1.21. The molecule has 3 rings (SSSR count). The second kappa shape index (κ2) is 4.06. The Kier molecular flexibility index (Phi) is 2.54. The van der Waals surface area contributed by atoms with E-state index in [2.05, 4.69) is 12.2 Å². The molecule has 0 spiro atoms. The van der Waals surface area contributed by atoms with Crippen molar-refractivity contribution in [3.05, 3.63) is 35.8 Å². The highest BCUT2D eigenvalue weighted by Gasteiger charge is 2.43. The standard InChI is InChI=1S/C14H16O3/c1-16-14(15)11-6-5-9-3-2-4-10-7-8-17-13(10)12(9)11/h2-3,7-9,11-12H,4-6H2,1H3/t9-,11+,12+/m0/s1. The molecule has 1 saturated carbocycles. The van der Waals surface area contributed by atoms with E-state index in [1.165, 1.54) is 12.7 Å². The molecule has 3 atom stereocenters. The zero-order valence-electron chi connectivity index (χ0n) is 9.89. The summed E-state index contributed by atoms with van der Waals surface area (Å²) < 4.78 is 10.5. The lowest BCUT2D eigenvalue weighted by Crippen LogP contribution is -2.21. The second-order valence-corrected chi connectivity index (χ2v) is 4.84. The molecule has 0 bridgehead atoms. The summed E-state index contributed by atoms with van der Waals surface area (Å²) in [6.07, 6.45) is 9.01. The first-order chi connectivity index (χ1) is 8.31. The molecule has 0 aromatic carbocycles. The van der Waals surface area contributed by atoms with Gasteiger partial charge in [0.2, 0.25) is 0 Å². The molecule has 17 heavy (non-hydrogen) atoms. The van der Waals surface area contributed by atoms with Gasteiger partial charge < -0.3 is 9.15 Å². The maximum atomic E-state index is 11.8. The molecule has 0 N–H and O–H groups in total. The Hall–Kier alpha value is -1.51. The van der Waals surface area contributed by atoms with Gasteiger partial charge in [-0.3, -0.25) is 4.79 Å². The van der Waals surface area contributed by atoms with Gasteiger partial charge in [-0.2, -0.15) is 0 Å². The topological polar surface area (TPSA) is 39.4 Å². The number of fused-ring (bicyclic) bond motifs is 3. The molecule has 1 fully saturated rings. The van der Waals surface area contributed by atoms with Gasteiger partial charge >= 0.3 is 5.97 Å². The molecular weight excluding hydrogens is 216 g/mol. The Balaban J connectivity index is 2.01. The molecule has 0 amide bonds. The maximum Gasteiger partial charge on any atom is 0.309 e. The molecule has 90 valence electrons. The first-order valence-corrected chi connectivity index (χ1v) is 6.12. The monoisotopic (exact) mass is 232 g/mol. The van der Waals surface area contributed by atoms with Crippen LogP contribution in [-0.2, 0) is 16.0 Å². The second-order valence-electron chi connectivity index (χ2n) is 4.84. The van der Waals surface area contributed by atoms with Gasteiger partial charge in [0, 0.05) is 5.92 Å². The van der Waals surface area contributed by atoms with Crippen LogP contribution >= 0.6 is 0 Å². The lowest BCUT2D eigenvalue weighted by Gasteiger charge is -2.19. The Morgan fingerprint density at radius 1 is 1.47 bits per heavy atom. The molecule has 1 heterocycles. The highest BCUT2D eigenvalue weighted by atomic mass is 16.5. The van der Waals surface area contributed by atoms with E-state index in [1.807, 2.05) is 6.07 Å². The van der Waals surface area contributed by atoms with Crippen molar-refractivity contribution >= 4 is 5.97 Å². The van der Waals surface area contributed by atoms with Crippen molar-refractivity contribution in [3.63, 3.8) is 0 Å². The zero-order chi connectivity index (χ0) is 11.8. The van der Waals surface area contributed by atoms with Crippen LogP contribution in [0.2, 0.25) is 0 Å². The zero-order valence-corrected chi connectivity index (χ0v) is 9.89. The predicted octanol–water partition coefficient (Wildman–Crippen LogP) is 2.67. The van der Waals surface area contributed by atoms with E-state index >= 15 is 0 Å². The Labute approximate surface area is 100 Å². The minimum absolute atomic E-state index is 0.0438. The van der Waals surface area contributed by atoms with Crippen LogP contribution in [0.4, 0.5) is 0 Å². The largest absolute Gasteiger partial charge is 0.469 e. The van der Waals surface area contributed by atoms with Crippen LogP contribution in [0.5, 0.6) is 0 Å². The molecule has 1 aromatic rings. The molecule has 1 aromatic heterocycles. The van der Waals surface area contributed by atoms with Crippen LogP contribution in [0.3, 0.4) is 0 Å². The summed E-state index contributed by atoms with van der Waals surface area (Å²) in [6, 6.07) is 2.01. The summed E-state index contributed by atoms with van der Waals surface area (Å²) in [7, 11) is 1.46. The number of furan rings is 1. The Morgan fingerprint density at radius 2 is 2.35 bits per heavy atom. The molecule has 2 aliphatic carbocycles. The molecular formula is C14H16O3. The highest BCUT2D eigenvalue weighted by Crippen LogP contribution is 2.48. The first kappa shape index (κ1) is 10.6. The van der Waals surface area contributed by atoms with Crippen LogP contribution in [0.25, 0.3) is 0 Å². The third kappa shape index (κ3) is 1.61. The molecule has 0 radical (unpaired) electrons. The van der Waals surface area contributed by atoms with E-state index in [0.29, 0.717) is 5.92 Å². The number of carbonyl (C=O) groups is 1. The fraction of sp³-hybridized carbons (Fsp3) is 0.500. The van der Waals surface area contributed by atoms with Gasteiger partial charge in [0.25, 0.3) is 0 Å². The van der Waals surface area contributed by atoms with E-state index in [0.717, 1.165) is 25.0 Å². The van der Waals surface area contributed by atoms with E-state index in [4.69, 9.17) is 9.15 Å². The maximum absolute atomic E-state index is 11.8. The van der Waals surface area contributed by atoms with E-state index in [1.54, 1.807) is 6.26 Å². The Bertz CT molecular complexity index is 458. The minimum Gasteiger partial charge on any atom is -0.469 e. The smallest absolute Gasteiger partial charge is 0.309 e. The van der Waals surface area contributed by atoms with Crippen molar-refractivity contribution < 1.29 is 13.9 Å². The average Bonchev–Trinajstić information content (AvgIpc) is 2.92. The lowest BCUT2D eigenvalue weighted by atomic mass is 9.86. The third-order valence-corrected chi connectivity index (χ3v) is 4.01. The van der Waals surface area contributed by atoms with E-state index < -0.39 is 0 Å². The first-order valence-electron chi connectivity index (χ1n) is 6.12. The highest BCUT2D eigenvalue weighted by molar-refractivity contribution is 5.74. The van der Waals surface area contributed by atoms with Gasteiger partial charge in [0.15, 0.2) is 0 Å². The SMILES string of the molecule is COC(=O)[C@@H]1CC[C@@H]2C=CCc3ccoc3[C@H]21. The van der Waals surface area contributed by atoms with Gasteiger partial charge in [-0.25, -0.2) is 0 Å². The van der Waals surface area contributed by atoms with Gasteiger partial charge in [-0.15, -0.1) is 0 Å². The number of ether oxygens (including phenoxy) is 1. The summed E-state index contributed by atoms with van der Waals surface area (Å²) >= 11 is 0. The molecule has 0 aliphatic heterocycles. The summed E-state index contributed by atoms with van der Waals surface area (Å²) in [4.78, 5) is 11.8. The van der Waals surface area contributed by atoms with Crippen LogP contribution in [-0.4, -0.2) is 13.1 Å². The number of hydrogen-bond donors (Lipinski definition) is 0. The number of esters is 1. The van der Waals surface area contributed by atoms with Crippen LogP contribution in [0.1, 0.15) is 30.1 Å². The van der Waals surface area contributed by atoms with Gasteiger partial charge in [0.1, 0.15) is 5.76 Å². The fourth-order valence-electron chi connectivity index (χ4n) is 3.22. The number of rotatable bonds is 1. The van der Waals surface area contributed by atoms with E-state index in [-0.39, 0.29) is 17.8 Å². The van der Waals surface area contributed by atoms with Crippen molar-refractivity contribution in [2.24, 2.45) is 11.8 Å². The minimum atomic E-state index is -0.102. The molecule has 2 aliphatic rings. The van der Waals surface area contributed by atoms with Crippen molar-refractivity contribution in [2.75, 3.05) is 7.11 Å². The van der Waals surface area contributed by atoms with Crippen LogP contribution in [0.15, 0.2) is 28.9 Å². The predicted molar refractivity (Wildman–Crippen MR) is 62.5 cm³/mol. The lowest BCUT2D eigenvalue weighted by molar-refractivity contribution is -0.146. The van der Waals surface area contributed by atoms with E-state index in [9.17, 15) is 4.79 Å². The molecule has 0 saturated heterocycles. The average molecular weight is 232 g/mol. The summed E-state index contributed by atoms with van der Waals surface area (Å²) in [5.74, 6) is 1.44. The van der Waals surface area contributed by atoms with Crippen molar-refractivity contribution in [3.8, 4) is 0 Å². The molecule has 3 nitrogen and oxygen atoms in total. The fourth-order valence-corrected chi connectivity index (χ4v) is 3.22. The molecule has 0 unspecified atom stereocenters. The van der Waals surface area contributed by atoms with Crippen LogP contribution in [0, 0.1) is 11.8 Å². The van der Waals surface area contributed by atoms with Crippen molar-refractivity contribution in [1.82, 2.24) is 0 Å². The van der Waals surface area contributed by atoms with Gasteiger partial charge in [-0.05, 0) is 36.8 Å². The van der Waals surface area contributed by atoms with Crippen molar-refractivity contribution in [2.45, 2.75) is 25.2 Å². The number of carbonyl (C=O) groups excluding carboxylic acids is 1. The summed E-state index contributed by atoms with van der Waals surface area (Å²) in [6.45, 7) is 0. The quantitative estimate of drug-likeness (QED) is 0.552. The van der Waals surface area contributed by atoms with Gasteiger partial charge in [0.05, 0.1) is 19.3 Å². The molecule has 3 heteroatoms. The number of allylic oxidation sites excluding steroid dienone is 2. The van der Waals surface area contributed by atoms with Gasteiger partial charge in [-0.1, -0.05) is 12.2 Å². The summed E-state index contributed by atoms with van der Waals surface area (Å²) in [5, 5.41) is 0. The number of methoxy groups -OCH3 is 1. The normalized spacial score (nSPS) is 30.5.